The molecule has 0 saturated carbocycles. The zero-order valence-corrected chi connectivity index (χ0v) is 11.3. The lowest BCUT2D eigenvalue weighted by molar-refractivity contribution is 0.911. The quantitative estimate of drug-likeness (QED) is 0.841. The van der Waals surface area contributed by atoms with Gasteiger partial charge in [-0.3, -0.25) is 0 Å². The molecule has 0 atom stereocenters. The Morgan fingerprint density at radius 2 is 1.89 bits per heavy atom. The van der Waals surface area contributed by atoms with Crippen LogP contribution in [0.15, 0.2) is 46.2 Å². The van der Waals surface area contributed by atoms with Crippen LogP contribution in [0.1, 0.15) is 23.1 Å². The molecule has 0 unspecified atom stereocenters. The van der Waals surface area contributed by atoms with E-state index in [-0.39, 0.29) is 0 Å². The molecule has 94 valence electrons. The third-order valence-corrected chi connectivity index (χ3v) is 4.50. The molecule has 1 aliphatic rings. The van der Waals surface area contributed by atoms with Crippen molar-refractivity contribution in [2.75, 3.05) is 5.73 Å². The zero-order chi connectivity index (χ0) is 13.2. The van der Waals surface area contributed by atoms with Gasteiger partial charge in [0.05, 0.1) is 11.6 Å². The average molecular weight is 266 g/mol. The molecule has 0 aromatic heterocycles. The molecule has 2 aromatic carbocycles. The molecule has 0 heterocycles. The topological polar surface area (TPSA) is 49.8 Å². The van der Waals surface area contributed by atoms with Crippen LogP contribution in [0.3, 0.4) is 0 Å². The number of nitrogens with zero attached hydrogens (tertiary/aromatic N) is 1. The van der Waals surface area contributed by atoms with Crippen LogP contribution >= 0.6 is 11.8 Å². The van der Waals surface area contributed by atoms with Gasteiger partial charge in [-0.25, -0.2) is 0 Å². The molecule has 19 heavy (non-hydrogen) atoms. The minimum Gasteiger partial charge on any atom is -0.398 e. The van der Waals surface area contributed by atoms with Gasteiger partial charge in [-0.2, -0.15) is 5.26 Å². The molecule has 0 fully saturated rings. The summed E-state index contributed by atoms with van der Waals surface area (Å²) in [6.45, 7) is 0. The smallest absolute Gasteiger partial charge is 0.0992 e. The third-order valence-electron chi connectivity index (χ3n) is 3.44. The van der Waals surface area contributed by atoms with Crippen LogP contribution in [0.25, 0.3) is 0 Å². The number of nitrogens with two attached hydrogens (primary N) is 1. The van der Waals surface area contributed by atoms with Gasteiger partial charge in [0.2, 0.25) is 0 Å². The molecule has 0 radical (unpaired) electrons. The molecule has 0 aliphatic heterocycles. The molecule has 3 heteroatoms. The summed E-state index contributed by atoms with van der Waals surface area (Å²) in [6.07, 6.45) is 3.64. The van der Waals surface area contributed by atoms with E-state index in [2.05, 4.69) is 24.3 Å². The van der Waals surface area contributed by atoms with Crippen molar-refractivity contribution in [1.82, 2.24) is 0 Å². The summed E-state index contributed by atoms with van der Waals surface area (Å²) in [7, 11) is 0. The van der Waals surface area contributed by atoms with E-state index >= 15 is 0 Å². The molecular formula is C16H14N2S. The van der Waals surface area contributed by atoms with Gasteiger partial charge in [0.1, 0.15) is 0 Å². The van der Waals surface area contributed by atoms with Gasteiger partial charge in [-0.15, -0.1) is 0 Å². The van der Waals surface area contributed by atoms with Crippen LogP contribution in [-0.4, -0.2) is 0 Å². The van der Waals surface area contributed by atoms with E-state index in [0.717, 1.165) is 10.6 Å². The molecule has 0 bridgehead atoms. The minimum atomic E-state index is 0.651. The van der Waals surface area contributed by atoms with Crippen molar-refractivity contribution >= 4 is 17.4 Å². The van der Waals surface area contributed by atoms with Gasteiger partial charge >= 0.3 is 0 Å². The molecule has 2 nitrogen and oxygen atoms in total. The summed E-state index contributed by atoms with van der Waals surface area (Å²) >= 11 is 1.63. The Labute approximate surface area is 117 Å². The molecule has 0 amide bonds. The molecule has 2 N–H and O–H groups in total. The van der Waals surface area contributed by atoms with Gasteiger partial charge < -0.3 is 5.73 Å². The lowest BCUT2D eigenvalue weighted by Crippen LogP contribution is -1.90. The number of nitriles is 1. The normalized spacial score (nSPS) is 13.0. The summed E-state index contributed by atoms with van der Waals surface area (Å²) in [5, 5.41) is 8.95. The van der Waals surface area contributed by atoms with E-state index in [1.54, 1.807) is 23.9 Å². The van der Waals surface area contributed by atoms with Gasteiger partial charge in [-0.05, 0) is 60.7 Å². The largest absolute Gasteiger partial charge is 0.398 e. The number of aryl methyl sites for hydroxylation is 2. The van der Waals surface area contributed by atoms with Crippen LogP contribution in [0, 0.1) is 11.3 Å². The maximum atomic E-state index is 8.95. The van der Waals surface area contributed by atoms with Gasteiger partial charge in [0.25, 0.3) is 0 Å². The number of fused-ring (bicyclic) bond motifs is 1. The number of hydrogen-bond donors (Lipinski definition) is 1. The fourth-order valence-electron chi connectivity index (χ4n) is 2.43. The second kappa shape index (κ2) is 4.99. The predicted octanol–water partition coefficient (Wildman–Crippen LogP) is 3.78. The fourth-order valence-corrected chi connectivity index (χ4v) is 3.39. The Balaban J connectivity index is 1.91. The Morgan fingerprint density at radius 3 is 2.74 bits per heavy atom. The van der Waals surface area contributed by atoms with Crippen molar-refractivity contribution in [3.05, 3.63) is 53.1 Å². The highest BCUT2D eigenvalue weighted by Gasteiger charge is 2.12. The lowest BCUT2D eigenvalue weighted by Gasteiger charge is -2.07. The monoisotopic (exact) mass is 266 g/mol. The first-order valence-electron chi connectivity index (χ1n) is 6.35. The zero-order valence-electron chi connectivity index (χ0n) is 10.5. The number of benzene rings is 2. The summed E-state index contributed by atoms with van der Waals surface area (Å²) < 4.78 is 0. The first-order valence-corrected chi connectivity index (χ1v) is 7.17. The van der Waals surface area contributed by atoms with Crippen molar-refractivity contribution in [2.24, 2.45) is 0 Å². The Morgan fingerprint density at radius 1 is 1.05 bits per heavy atom. The predicted molar refractivity (Wildman–Crippen MR) is 78.2 cm³/mol. The molecule has 3 rings (SSSR count). The third kappa shape index (κ3) is 2.45. The first kappa shape index (κ1) is 12.1. The van der Waals surface area contributed by atoms with Crippen molar-refractivity contribution in [2.45, 2.75) is 29.1 Å². The maximum absolute atomic E-state index is 8.95. The van der Waals surface area contributed by atoms with E-state index in [1.807, 2.05) is 6.07 Å². The second-order valence-electron chi connectivity index (χ2n) is 4.75. The van der Waals surface area contributed by atoms with Crippen molar-refractivity contribution in [3.63, 3.8) is 0 Å². The van der Waals surface area contributed by atoms with Crippen LogP contribution in [0.2, 0.25) is 0 Å². The molecule has 2 aromatic rings. The SMILES string of the molecule is N#Cc1ccc(N)c(Sc2ccc3c(c2)CCC3)c1. The van der Waals surface area contributed by atoms with Crippen LogP contribution in [0.4, 0.5) is 5.69 Å². The van der Waals surface area contributed by atoms with Crippen molar-refractivity contribution in [1.29, 1.82) is 5.26 Å². The highest BCUT2D eigenvalue weighted by Crippen LogP contribution is 2.35. The van der Waals surface area contributed by atoms with Gasteiger partial charge in [0, 0.05) is 15.5 Å². The summed E-state index contributed by atoms with van der Waals surface area (Å²) in [5.74, 6) is 0. The van der Waals surface area contributed by atoms with Crippen molar-refractivity contribution in [3.8, 4) is 6.07 Å². The van der Waals surface area contributed by atoms with E-state index in [4.69, 9.17) is 11.0 Å². The molecule has 0 saturated heterocycles. The Bertz CT molecular complexity index is 671. The van der Waals surface area contributed by atoms with Crippen LogP contribution < -0.4 is 5.73 Å². The van der Waals surface area contributed by atoms with Gasteiger partial charge in [0.15, 0.2) is 0 Å². The Hall–Kier alpha value is -1.92. The van der Waals surface area contributed by atoms with Gasteiger partial charge in [-0.1, -0.05) is 17.8 Å². The summed E-state index contributed by atoms with van der Waals surface area (Å²) in [6, 6.07) is 14.2. The number of anilines is 1. The summed E-state index contributed by atoms with van der Waals surface area (Å²) in [5.41, 5.74) is 10.3. The number of nitrogen functional groups attached to an aromatic ring is 1. The number of rotatable bonds is 2. The molecule has 0 spiro atoms. The second-order valence-corrected chi connectivity index (χ2v) is 5.87. The van der Waals surface area contributed by atoms with Crippen LogP contribution in [0.5, 0.6) is 0 Å². The molecular weight excluding hydrogens is 252 g/mol. The van der Waals surface area contributed by atoms with E-state index in [9.17, 15) is 0 Å². The highest BCUT2D eigenvalue weighted by atomic mass is 32.2. The number of hydrogen-bond acceptors (Lipinski definition) is 3. The van der Waals surface area contributed by atoms with E-state index in [1.165, 1.54) is 35.3 Å². The average Bonchev–Trinajstić information content (AvgIpc) is 2.89. The van der Waals surface area contributed by atoms with Crippen LogP contribution in [-0.2, 0) is 12.8 Å². The van der Waals surface area contributed by atoms with E-state index in [0.29, 0.717) is 5.56 Å². The summed E-state index contributed by atoms with van der Waals surface area (Å²) in [4.78, 5) is 2.15. The molecule has 1 aliphatic carbocycles. The maximum Gasteiger partial charge on any atom is 0.0992 e. The minimum absolute atomic E-state index is 0.651. The van der Waals surface area contributed by atoms with E-state index < -0.39 is 0 Å². The van der Waals surface area contributed by atoms with Crippen molar-refractivity contribution < 1.29 is 0 Å². The lowest BCUT2D eigenvalue weighted by atomic mass is 10.1. The fraction of sp³-hybridized carbons (Fsp3) is 0.188. The first-order chi connectivity index (χ1) is 9.26. The Kier molecular flexibility index (Phi) is 3.18. The highest BCUT2D eigenvalue weighted by molar-refractivity contribution is 7.99. The standard InChI is InChI=1S/C16H14N2S/c17-10-11-4-7-15(18)16(8-11)19-14-6-5-12-2-1-3-13(12)9-14/h4-9H,1-3,18H2.